The van der Waals surface area contributed by atoms with Crippen LogP contribution < -0.4 is 5.73 Å². The fourth-order valence-corrected chi connectivity index (χ4v) is 1.63. The van der Waals surface area contributed by atoms with Gasteiger partial charge in [0.15, 0.2) is 11.6 Å². The van der Waals surface area contributed by atoms with Gasteiger partial charge in [-0.3, -0.25) is 0 Å². The van der Waals surface area contributed by atoms with Gasteiger partial charge >= 0.3 is 0 Å². The smallest absolute Gasteiger partial charge is 0.159 e. The third kappa shape index (κ3) is 3.32. The molecule has 0 aliphatic rings. The normalized spacial score (nSPS) is 10.4. The number of benzene rings is 1. The van der Waals surface area contributed by atoms with Gasteiger partial charge in [-0.05, 0) is 17.7 Å². The summed E-state index contributed by atoms with van der Waals surface area (Å²) in [5, 5.41) is 0. The Hall–Kier alpha value is -0.610. The molecule has 0 amide bonds. The van der Waals surface area contributed by atoms with Crippen molar-refractivity contribution in [3.05, 3.63) is 35.4 Å². The summed E-state index contributed by atoms with van der Waals surface area (Å²) in [6.45, 7) is 0.605. The second-order valence-corrected chi connectivity index (χ2v) is 3.69. The maximum Gasteiger partial charge on any atom is 0.159 e. The highest BCUT2D eigenvalue weighted by Crippen LogP contribution is 2.14. The number of thioether (sulfide) groups is 1. The van der Waals surface area contributed by atoms with Gasteiger partial charge in [-0.15, -0.1) is 0 Å². The molecule has 0 heterocycles. The first-order valence-corrected chi connectivity index (χ1v) is 5.11. The minimum Gasteiger partial charge on any atom is -0.330 e. The first kappa shape index (κ1) is 10.5. The van der Waals surface area contributed by atoms with Crippen molar-refractivity contribution in [2.45, 2.75) is 5.75 Å². The molecule has 0 aliphatic heterocycles. The number of hydrogen-bond donors (Lipinski definition) is 1. The van der Waals surface area contributed by atoms with E-state index in [-0.39, 0.29) is 0 Å². The van der Waals surface area contributed by atoms with Gasteiger partial charge in [-0.25, -0.2) is 8.78 Å². The summed E-state index contributed by atoms with van der Waals surface area (Å²) < 4.78 is 25.2. The summed E-state index contributed by atoms with van der Waals surface area (Å²) in [5.74, 6) is -0.0775. The molecule has 0 fully saturated rings. The van der Waals surface area contributed by atoms with Crippen LogP contribution in [0.5, 0.6) is 0 Å². The molecule has 0 spiro atoms. The monoisotopic (exact) mass is 203 g/mol. The summed E-state index contributed by atoms with van der Waals surface area (Å²) in [4.78, 5) is 0. The maximum absolute atomic E-state index is 12.7. The van der Waals surface area contributed by atoms with E-state index in [1.165, 1.54) is 6.07 Å². The van der Waals surface area contributed by atoms with Crippen molar-refractivity contribution in [2.75, 3.05) is 12.3 Å². The van der Waals surface area contributed by atoms with E-state index in [0.717, 1.165) is 17.4 Å². The minimum atomic E-state index is -0.799. The van der Waals surface area contributed by atoms with E-state index >= 15 is 0 Å². The predicted molar refractivity (Wildman–Crippen MR) is 51.6 cm³/mol. The molecular formula is C9H11F2NS. The zero-order chi connectivity index (χ0) is 9.68. The van der Waals surface area contributed by atoms with Crippen molar-refractivity contribution >= 4 is 11.8 Å². The Morgan fingerprint density at radius 1 is 1.23 bits per heavy atom. The van der Waals surface area contributed by atoms with Crippen molar-refractivity contribution in [3.63, 3.8) is 0 Å². The number of nitrogens with two attached hydrogens (primary N) is 1. The zero-order valence-electron chi connectivity index (χ0n) is 7.09. The van der Waals surface area contributed by atoms with Crippen LogP contribution in [0.3, 0.4) is 0 Å². The molecule has 0 aliphatic carbocycles. The first-order valence-electron chi connectivity index (χ1n) is 3.96. The predicted octanol–water partition coefficient (Wildman–Crippen LogP) is 2.16. The largest absolute Gasteiger partial charge is 0.330 e. The van der Waals surface area contributed by atoms with E-state index in [0.29, 0.717) is 12.3 Å². The first-order chi connectivity index (χ1) is 6.24. The lowest BCUT2D eigenvalue weighted by Gasteiger charge is -2.00. The molecule has 4 heteroatoms. The van der Waals surface area contributed by atoms with E-state index in [1.54, 1.807) is 17.8 Å². The molecule has 1 aromatic rings. The van der Waals surface area contributed by atoms with Crippen molar-refractivity contribution < 1.29 is 8.78 Å². The minimum absolute atomic E-state index is 0.605. The molecule has 1 aromatic carbocycles. The highest BCUT2D eigenvalue weighted by atomic mass is 32.2. The molecule has 2 N–H and O–H groups in total. The molecule has 0 bridgehead atoms. The van der Waals surface area contributed by atoms with Crippen LogP contribution in [0.1, 0.15) is 5.56 Å². The van der Waals surface area contributed by atoms with Crippen LogP contribution >= 0.6 is 11.8 Å². The van der Waals surface area contributed by atoms with Crippen LogP contribution in [0, 0.1) is 11.6 Å². The quantitative estimate of drug-likeness (QED) is 0.759. The summed E-state index contributed by atoms with van der Waals surface area (Å²) >= 11 is 1.61. The molecule has 0 unspecified atom stereocenters. The molecule has 0 saturated heterocycles. The Morgan fingerprint density at radius 3 is 2.62 bits per heavy atom. The lowest BCUT2D eigenvalue weighted by Crippen LogP contribution is -2.01. The van der Waals surface area contributed by atoms with E-state index < -0.39 is 11.6 Å². The van der Waals surface area contributed by atoms with Crippen molar-refractivity contribution in [3.8, 4) is 0 Å². The zero-order valence-corrected chi connectivity index (χ0v) is 7.91. The SMILES string of the molecule is NCCSCc1ccc(F)c(F)c1. The molecular weight excluding hydrogens is 192 g/mol. The molecule has 0 radical (unpaired) electrons. The lowest BCUT2D eigenvalue weighted by atomic mass is 10.2. The molecule has 0 atom stereocenters. The van der Waals surface area contributed by atoms with Crippen LogP contribution in [0.2, 0.25) is 0 Å². The highest BCUT2D eigenvalue weighted by Gasteiger charge is 2.01. The van der Waals surface area contributed by atoms with Crippen molar-refractivity contribution in [2.24, 2.45) is 5.73 Å². The molecule has 1 rings (SSSR count). The van der Waals surface area contributed by atoms with Gasteiger partial charge in [0, 0.05) is 18.1 Å². The van der Waals surface area contributed by atoms with Crippen LogP contribution in [-0.2, 0) is 5.75 Å². The average molecular weight is 203 g/mol. The number of rotatable bonds is 4. The van der Waals surface area contributed by atoms with Crippen LogP contribution in [0.15, 0.2) is 18.2 Å². The van der Waals surface area contributed by atoms with Gasteiger partial charge in [0.1, 0.15) is 0 Å². The summed E-state index contributed by atoms with van der Waals surface area (Å²) in [7, 11) is 0. The topological polar surface area (TPSA) is 26.0 Å². The van der Waals surface area contributed by atoms with E-state index in [9.17, 15) is 8.78 Å². The lowest BCUT2D eigenvalue weighted by molar-refractivity contribution is 0.507. The van der Waals surface area contributed by atoms with E-state index in [1.807, 2.05) is 0 Å². The van der Waals surface area contributed by atoms with Crippen LogP contribution in [-0.4, -0.2) is 12.3 Å². The summed E-state index contributed by atoms with van der Waals surface area (Å²) in [6.07, 6.45) is 0. The molecule has 0 saturated carbocycles. The highest BCUT2D eigenvalue weighted by molar-refractivity contribution is 7.98. The number of hydrogen-bond acceptors (Lipinski definition) is 2. The van der Waals surface area contributed by atoms with Gasteiger partial charge in [0.2, 0.25) is 0 Å². The standard InChI is InChI=1S/C9H11F2NS/c10-8-2-1-7(5-9(8)11)6-13-4-3-12/h1-2,5H,3-4,6,12H2. The Balaban J connectivity index is 2.53. The summed E-state index contributed by atoms with van der Waals surface area (Å²) in [5.41, 5.74) is 6.08. The van der Waals surface area contributed by atoms with Gasteiger partial charge in [0.05, 0.1) is 0 Å². The Kier molecular flexibility index (Phi) is 4.18. The Morgan fingerprint density at radius 2 is 2.00 bits per heavy atom. The summed E-state index contributed by atoms with van der Waals surface area (Å²) in [6, 6.07) is 3.95. The fraction of sp³-hybridized carbons (Fsp3) is 0.333. The van der Waals surface area contributed by atoms with Crippen molar-refractivity contribution in [1.82, 2.24) is 0 Å². The van der Waals surface area contributed by atoms with Crippen LogP contribution in [0.25, 0.3) is 0 Å². The fourth-order valence-electron chi connectivity index (χ4n) is 0.903. The van der Waals surface area contributed by atoms with Gasteiger partial charge in [-0.1, -0.05) is 6.07 Å². The molecule has 72 valence electrons. The third-order valence-electron chi connectivity index (χ3n) is 1.51. The van der Waals surface area contributed by atoms with Gasteiger partial charge in [-0.2, -0.15) is 11.8 Å². The average Bonchev–Trinajstić information content (AvgIpc) is 2.12. The molecule has 0 aromatic heterocycles. The van der Waals surface area contributed by atoms with Gasteiger partial charge < -0.3 is 5.73 Å². The maximum atomic E-state index is 12.7. The Labute approximate surface area is 80.3 Å². The van der Waals surface area contributed by atoms with Gasteiger partial charge in [0.25, 0.3) is 0 Å². The molecule has 13 heavy (non-hydrogen) atoms. The second-order valence-electron chi connectivity index (χ2n) is 2.59. The van der Waals surface area contributed by atoms with E-state index in [2.05, 4.69) is 0 Å². The number of halogens is 2. The second kappa shape index (κ2) is 5.19. The molecule has 1 nitrogen and oxygen atoms in total. The van der Waals surface area contributed by atoms with E-state index in [4.69, 9.17) is 5.73 Å². The third-order valence-corrected chi connectivity index (χ3v) is 2.58. The Bertz CT molecular complexity index is 278. The van der Waals surface area contributed by atoms with Crippen LogP contribution in [0.4, 0.5) is 8.78 Å². The van der Waals surface area contributed by atoms with Crippen molar-refractivity contribution in [1.29, 1.82) is 0 Å².